The number of nitrogens with zero attached hydrogens (tertiary/aromatic N) is 5. The van der Waals surface area contributed by atoms with Crippen molar-refractivity contribution in [3.63, 3.8) is 0 Å². The fourth-order valence-corrected chi connectivity index (χ4v) is 7.84. The Bertz CT molecular complexity index is 2070. The third kappa shape index (κ3) is 4.94. The van der Waals surface area contributed by atoms with E-state index in [-0.39, 0.29) is 71.1 Å². The van der Waals surface area contributed by atoms with Gasteiger partial charge in [-0.2, -0.15) is 9.97 Å². The second-order valence-corrected chi connectivity index (χ2v) is 13.0. The van der Waals surface area contributed by atoms with E-state index in [4.69, 9.17) is 17.9 Å². The van der Waals surface area contributed by atoms with Crippen LogP contribution in [0.15, 0.2) is 36.3 Å². The number of hydrogen-bond acceptors (Lipinski definition) is 8. The van der Waals surface area contributed by atoms with Crippen LogP contribution in [0.4, 0.5) is 37.8 Å². The number of nitrogens with two attached hydrogens (primary N) is 1. The fraction of sp³-hybridized carbons (Fsp3) is 0.441. The van der Waals surface area contributed by atoms with Crippen LogP contribution in [0.3, 0.4) is 0 Å². The molecule has 3 saturated heterocycles. The Morgan fingerprint density at radius 2 is 2.02 bits per heavy atom. The van der Waals surface area contributed by atoms with Gasteiger partial charge in [-0.05, 0) is 60.4 Å². The van der Waals surface area contributed by atoms with E-state index in [1.807, 2.05) is 0 Å². The lowest BCUT2D eigenvalue weighted by Crippen LogP contribution is -2.43. The summed E-state index contributed by atoms with van der Waals surface area (Å²) in [6.07, 6.45) is 1.58. The first-order chi connectivity index (χ1) is 23.9. The summed E-state index contributed by atoms with van der Waals surface area (Å²) in [7, 11) is 0. The summed E-state index contributed by atoms with van der Waals surface area (Å²) in [6.45, 7) is -1.43. The molecule has 4 aliphatic rings. The number of ether oxygens (including phenoxy) is 2. The van der Waals surface area contributed by atoms with Crippen LogP contribution in [0.25, 0.3) is 32.9 Å². The van der Waals surface area contributed by atoms with Gasteiger partial charge in [-0.15, -0.1) is 0 Å². The average Bonchev–Trinajstić information content (AvgIpc) is 3.42. The Morgan fingerprint density at radius 3 is 2.83 bits per heavy atom. The lowest BCUT2D eigenvalue weighted by atomic mass is 9.93. The molecule has 8 rings (SSSR count). The van der Waals surface area contributed by atoms with Gasteiger partial charge in [-0.3, -0.25) is 14.3 Å². The molecule has 48 heavy (non-hydrogen) atoms. The highest BCUT2D eigenvalue weighted by molar-refractivity contribution is 6.02. The highest BCUT2D eigenvalue weighted by atomic mass is 19.2. The summed E-state index contributed by atoms with van der Waals surface area (Å²) in [6, 6.07) is 2.55. The number of fused-ring (bicyclic) bond motifs is 4. The lowest BCUT2D eigenvalue weighted by molar-refractivity contribution is 0.108. The summed E-state index contributed by atoms with van der Waals surface area (Å²) in [5.41, 5.74) is 4.78. The number of anilines is 2. The molecule has 5 heterocycles. The monoisotopic (exact) mass is 672 g/mol. The van der Waals surface area contributed by atoms with E-state index in [2.05, 4.69) is 19.9 Å². The van der Waals surface area contributed by atoms with E-state index in [9.17, 15) is 17.6 Å². The zero-order valence-electron chi connectivity index (χ0n) is 27.6. The van der Waals surface area contributed by atoms with Crippen LogP contribution in [-0.4, -0.2) is 83.7 Å². The Labute approximate surface area is 274 Å². The van der Waals surface area contributed by atoms with Gasteiger partial charge in [0.05, 0.1) is 45.9 Å². The number of pyridine rings is 1. The average molecular weight is 673 g/mol. The lowest BCUT2D eigenvalue weighted by Gasteiger charge is -2.31. The summed E-state index contributed by atoms with van der Waals surface area (Å²) in [4.78, 5) is 17.2. The summed E-state index contributed by atoms with van der Waals surface area (Å²) >= 11 is 0. The summed E-state index contributed by atoms with van der Waals surface area (Å²) < 4.78 is 116. The number of aromatic nitrogens is 3. The van der Waals surface area contributed by atoms with Gasteiger partial charge in [-0.1, -0.05) is 0 Å². The molecule has 0 radical (unpaired) electrons. The van der Waals surface area contributed by atoms with Crippen LogP contribution < -0.4 is 15.4 Å². The maximum atomic E-state index is 17.0. The third-order valence-corrected chi connectivity index (χ3v) is 10.2. The molecule has 2 N–H and O–H groups in total. The van der Waals surface area contributed by atoms with Crippen LogP contribution in [0.2, 0.25) is 0 Å². The van der Waals surface area contributed by atoms with Crippen LogP contribution in [0.1, 0.15) is 27.6 Å². The number of aryl methyl sites for hydroxylation is 1. The molecule has 4 fully saturated rings. The highest BCUT2D eigenvalue weighted by Crippen LogP contribution is 2.46. The second-order valence-electron chi connectivity index (χ2n) is 13.0. The Balaban J connectivity index is 1.30. The van der Waals surface area contributed by atoms with Crippen molar-refractivity contribution < 1.29 is 38.6 Å². The van der Waals surface area contributed by atoms with Crippen LogP contribution in [0.5, 0.6) is 6.01 Å². The zero-order valence-corrected chi connectivity index (χ0v) is 25.6. The molecule has 252 valence electrons. The van der Waals surface area contributed by atoms with Gasteiger partial charge in [-0.25, -0.2) is 22.0 Å². The van der Waals surface area contributed by atoms with Gasteiger partial charge in [0.25, 0.3) is 0 Å². The third-order valence-electron chi connectivity index (χ3n) is 10.2. The molecule has 0 amide bonds. The van der Waals surface area contributed by atoms with Crippen molar-refractivity contribution in [2.75, 3.05) is 56.7 Å². The van der Waals surface area contributed by atoms with E-state index in [0.29, 0.717) is 24.9 Å². The van der Waals surface area contributed by atoms with E-state index < -0.39 is 65.4 Å². The topological polar surface area (TPSA) is 89.6 Å². The van der Waals surface area contributed by atoms with E-state index in [1.165, 1.54) is 18.3 Å². The van der Waals surface area contributed by atoms with Crippen LogP contribution >= 0.6 is 0 Å². The summed E-state index contributed by atoms with van der Waals surface area (Å²) in [5, 5.41) is -0.0858. The van der Waals surface area contributed by atoms with E-state index in [0.717, 1.165) is 25.5 Å². The first-order valence-electron chi connectivity index (χ1n) is 16.8. The molecule has 2 aromatic carbocycles. The standard InChI is InChI=1S/C34H32F6N6O2/c35-4-2-20-25-18(9-24(37)26(20)38)8-19(41)10-21(25)29-28(40)30-22(13-42-29)32(46-6-7-47-15-23-27(39)31(23)46)44-33(43-30)48-16-34-3-1-5-45(34)14-17(11-34)12-36/h8-10,12-13,23,27,31H,1-7,11,14-16,41H2/b17-12-/t23-,27-,31-,34-/m0/s1/i4D2. The van der Waals surface area contributed by atoms with Gasteiger partial charge in [0.2, 0.25) is 0 Å². The Hall–Kier alpha value is -4.17. The van der Waals surface area contributed by atoms with Crippen molar-refractivity contribution in [1.29, 1.82) is 0 Å². The number of halogens is 6. The van der Waals surface area contributed by atoms with E-state index in [1.54, 1.807) is 4.90 Å². The minimum Gasteiger partial charge on any atom is -0.461 e. The van der Waals surface area contributed by atoms with Crippen molar-refractivity contribution in [3.05, 3.63) is 59.3 Å². The van der Waals surface area contributed by atoms with Gasteiger partial charge < -0.3 is 20.1 Å². The van der Waals surface area contributed by atoms with Crippen LogP contribution in [-0.2, 0) is 11.2 Å². The number of hydrogen-bond donors (Lipinski definition) is 1. The SMILES string of the molecule is [2H]C([2H])(F)Cc1c(F)c(F)cc2cc(N)cc(-c3ncc4c(N5CCOC[C@H]6[C@H](F)[C@H]65)nc(OC[C@@]56CCCN5C/C(=C\F)C6)nc4c3F)c12. The minimum atomic E-state index is -3.44. The molecule has 8 nitrogen and oxygen atoms in total. The molecule has 0 spiro atoms. The van der Waals surface area contributed by atoms with Crippen molar-refractivity contribution in [2.24, 2.45) is 5.92 Å². The largest absolute Gasteiger partial charge is 0.461 e. The molecule has 0 bridgehead atoms. The number of rotatable bonds is 7. The molecular weight excluding hydrogens is 638 g/mol. The smallest absolute Gasteiger partial charge is 0.319 e. The van der Waals surface area contributed by atoms with Crippen molar-refractivity contribution in [2.45, 2.75) is 43.4 Å². The predicted octanol–water partition coefficient (Wildman–Crippen LogP) is 6.00. The molecule has 1 saturated carbocycles. The number of alkyl halides is 2. The normalized spacial score (nSPS) is 27.2. The molecule has 0 unspecified atom stereocenters. The predicted molar refractivity (Wildman–Crippen MR) is 167 cm³/mol. The molecule has 14 heteroatoms. The highest BCUT2D eigenvalue weighted by Gasteiger charge is 2.56. The zero-order chi connectivity index (χ0) is 35.1. The number of nitrogen functional groups attached to an aromatic ring is 1. The number of benzene rings is 2. The van der Waals surface area contributed by atoms with E-state index >= 15 is 8.78 Å². The molecule has 4 atom stereocenters. The van der Waals surface area contributed by atoms with Gasteiger partial charge in [0.1, 0.15) is 29.8 Å². The molecule has 1 aliphatic carbocycles. The van der Waals surface area contributed by atoms with Gasteiger partial charge >= 0.3 is 6.01 Å². The molecular formula is C34H32F6N6O2. The maximum Gasteiger partial charge on any atom is 0.319 e. The first-order valence-corrected chi connectivity index (χ1v) is 15.8. The second kappa shape index (κ2) is 11.8. The quantitative estimate of drug-likeness (QED) is 0.189. The molecule has 3 aliphatic heterocycles. The van der Waals surface area contributed by atoms with Crippen molar-refractivity contribution in [3.8, 4) is 17.3 Å². The summed E-state index contributed by atoms with van der Waals surface area (Å²) in [5.74, 6) is -4.13. The van der Waals surface area contributed by atoms with Crippen molar-refractivity contribution >= 4 is 33.2 Å². The van der Waals surface area contributed by atoms with Gasteiger partial charge in [0, 0.05) is 48.4 Å². The van der Waals surface area contributed by atoms with Crippen LogP contribution in [0, 0.1) is 23.4 Å². The minimum absolute atomic E-state index is 0.0242. The van der Waals surface area contributed by atoms with Crippen molar-refractivity contribution in [1.82, 2.24) is 19.9 Å². The molecule has 2 aromatic heterocycles. The first kappa shape index (κ1) is 28.8. The Kier molecular flexibility index (Phi) is 7.06. The Morgan fingerprint density at radius 1 is 1.17 bits per heavy atom. The molecule has 4 aromatic rings. The maximum absolute atomic E-state index is 17.0. The fourth-order valence-electron chi connectivity index (χ4n) is 7.84. The van der Waals surface area contributed by atoms with Gasteiger partial charge in [0.15, 0.2) is 17.5 Å².